The molecule has 14 heavy (non-hydrogen) atoms. The summed E-state index contributed by atoms with van der Waals surface area (Å²) < 4.78 is 5.35. The normalized spacial score (nSPS) is 11.0. The van der Waals surface area contributed by atoms with Gasteiger partial charge in [-0.05, 0) is 17.7 Å². The van der Waals surface area contributed by atoms with Gasteiger partial charge in [0.05, 0.1) is 6.73 Å². The van der Waals surface area contributed by atoms with Gasteiger partial charge < -0.3 is 9.52 Å². The molecule has 2 rings (SSSR count). The van der Waals surface area contributed by atoms with Gasteiger partial charge in [-0.1, -0.05) is 6.07 Å². The van der Waals surface area contributed by atoms with Crippen LogP contribution in [-0.4, -0.2) is 16.8 Å². The van der Waals surface area contributed by atoms with Crippen molar-refractivity contribution in [1.29, 1.82) is 0 Å². The lowest BCUT2D eigenvalue weighted by Gasteiger charge is -1.99. The monoisotopic (exact) mass is 192 g/mol. The number of aliphatic hydroxyl groups excluding tert-OH is 1. The smallest absolute Gasteiger partial charge is 0.192 e. The molecule has 0 saturated carbocycles. The lowest BCUT2D eigenvalue weighted by molar-refractivity contribution is 0.259. The Hall–Kier alpha value is -1.39. The topological polar surface area (TPSA) is 58.3 Å². The van der Waals surface area contributed by atoms with Gasteiger partial charge in [-0.25, -0.2) is 4.98 Å². The number of aryl methyl sites for hydroxylation is 1. The van der Waals surface area contributed by atoms with Crippen molar-refractivity contribution in [2.75, 3.05) is 6.73 Å². The fourth-order valence-electron chi connectivity index (χ4n) is 1.40. The van der Waals surface area contributed by atoms with Crippen molar-refractivity contribution in [3.63, 3.8) is 0 Å². The number of benzene rings is 1. The van der Waals surface area contributed by atoms with Crippen LogP contribution < -0.4 is 5.32 Å². The Bertz CT molecular complexity index is 437. The third-order valence-corrected chi connectivity index (χ3v) is 2.00. The average Bonchev–Trinajstić information content (AvgIpc) is 2.54. The van der Waals surface area contributed by atoms with E-state index in [1.165, 1.54) is 0 Å². The molecule has 74 valence electrons. The molecule has 1 heterocycles. The molecule has 2 N–H and O–H groups in total. The summed E-state index contributed by atoms with van der Waals surface area (Å²) in [6.07, 6.45) is 0. The van der Waals surface area contributed by atoms with Crippen molar-refractivity contribution in [2.24, 2.45) is 0 Å². The minimum Gasteiger partial charge on any atom is -0.441 e. The zero-order chi connectivity index (χ0) is 9.97. The number of aliphatic hydroxyl groups is 1. The summed E-state index contributed by atoms with van der Waals surface area (Å²) in [7, 11) is 0. The van der Waals surface area contributed by atoms with E-state index in [0.29, 0.717) is 12.4 Å². The van der Waals surface area contributed by atoms with Gasteiger partial charge in [0.1, 0.15) is 5.52 Å². The number of nitrogens with zero attached hydrogens (tertiary/aromatic N) is 1. The summed E-state index contributed by atoms with van der Waals surface area (Å²) in [4.78, 5) is 4.22. The van der Waals surface area contributed by atoms with Crippen LogP contribution in [0.15, 0.2) is 22.6 Å². The molecule has 4 nitrogen and oxygen atoms in total. The number of hydrogen-bond acceptors (Lipinski definition) is 4. The maximum Gasteiger partial charge on any atom is 0.192 e. The number of hydrogen-bond donors (Lipinski definition) is 2. The van der Waals surface area contributed by atoms with E-state index in [4.69, 9.17) is 9.52 Å². The highest BCUT2D eigenvalue weighted by Gasteiger charge is 2.02. The molecule has 0 atom stereocenters. The van der Waals surface area contributed by atoms with Crippen molar-refractivity contribution < 1.29 is 9.52 Å². The van der Waals surface area contributed by atoms with Crippen LogP contribution in [0.25, 0.3) is 11.1 Å². The molecule has 1 aromatic carbocycles. The molecule has 0 aliphatic rings. The van der Waals surface area contributed by atoms with E-state index in [0.717, 1.165) is 16.7 Å². The Kier molecular flexibility index (Phi) is 2.47. The van der Waals surface area contributed by atoms with Gasteiger partial charge in [0.2, 0.25) is 0 Å². The van der Waals surface area contributed by atoms with Crippen LogP contribution in [0.4, 0.5) is 0 Å². The molecule has 4 heteroatoms. The summed E-state index contributed by atoms with van der Waals surface area (Å²) in [5, 5.41) is 11.4. The summed E-state index contributed by atoms with van der Waals surface area (Å²) in [6, 6.07) is 5.80. The highest BCUT2D eigenvalue weighted by molar-refractivity contribution is 5.73. The molecule has 0 radical (unpaired) electrons. The van der Waals surface area contributed by atoms with Crippen molar-refractivity contribution in [3.8, 4) is 0 Å². The van der Waals surface area contributed by atoms with Crippen molar-refractivity contribution in [2.45, 2.75) is 13.5 Å². The Morgan fingerprint density at radius 3 is 3.14 bits per heavy atom. The number of aromatic nitrogens is 1. The average molecular weight is 192 g/mol. The molecule has 0 spiro atoms. The van der Waals surface area contributed by atoms with Crippen LogP contribution in [-0.2, 0) is 6.54 Å². The maximum absolute atomic E-state index is 8.60. The number of nitrogens with one attached hydrogen (secondary N) is 1. The standard InChI is InChI=1S/C10H12N2O2/c1-7-12-9-4-8(5-11-6-13)2-3-10(9)14-7/h2-4,11,13H,5-6H2,1H3. The fourth-order valence-corrected chi connectivity index (χ4v) is 1.40. The second-order valence-corrected chi connectivity index (χ2v) is 3.12. The van der Waals surface area contributed by atoms with Gasteiger partial charge in [-0.15, -0.1) is 0 Å². The van der Waals surface area contributed by atoms with Crippen molar-refractivity contribution >= 4 is 11.1 Å². The first-order valence-electron chi connectivity index (χ1n) is 4.47. The third kappa shape index (κ3) is 1.76. The Labute approximate surface area is 81.6 Å². The molecule has 1 aromatic heterocycles. The van der Waals surface area contributed by atoms with Crippen LogP contribution in [0.3, 0.4) is 0 Å². The lowest BCUT2D eigenvalue weighted by atomic mass is 10.2. The Balaban J connectivity index is 2.31. The maximum atomic E-state index is 8.60. The minimum absolute atomic E-state index is 0.0180. The lowest BCUT2D eigenvalue weighted by Crippen LogP contribution is -2.13. The van der Waals surface area contributed by atoms with Crippen molar-refractivity contribution in [3.05, 3.63) is 29.7 Å². The molecular weight excluding hydrogens is 180 g/mol. The molecule has 0 unspecified atom stereocenters. The van der Waals surface area contributed by atoms with Crippen LogP contribution in [0.2, 0.25) is 0 Å². The number of rotatable bonds is 3. The predicted molar refractivity (Wildman–Crippen MR) is 52.7 cm³/mol. The Morgan fingerprint density at radius 2 is 2.36 bits per heavy atom. The highest BCUT2D eigenvalue weighted by atomic mass is 16.3. The van der Waals surface area contributed by atoms with Crippen LogP contribution in [0.5, 0.6) is 0 Å². The molecule has 0 aliphatic heterocycles. The molecule has 0 amide bonds. The van der Waals surface area contributed by atoms with Crippen LogP contribution in [0, 0.1) is 6.92 Å². The molecule has 0 aliphatic carbocycles. The minimum atomic E-state index is -0.0180. The third-order valence-electron chi connectivity index (χ3n) is 2.00. The fraction of sp³-hybridized carbons (Fsp3) is 0.300. The summed E-state index contributed by atoms with van der Waals surface area (Å²) >= 11 is 0. The first-order chi connectivity index (χ1) is 6.79. The molecule has 0 saturated heterocycles. The van der Waals surface area contributed by atoms with Crippen LogP contribution >= 0.6 is 0 Å². The van der Waals surface area contributed by atoms with E-state index < -0.39 is 0 Å². The van der Waals surface area contributed by atoms with Crippen LogP contribution in [0.1, 0.15) is 11.5 Å². The first kappa shape index (κ1) is 9.18. The van der Waals surface area contributed by atoms with Gasteiger partial charge in [0.15, 0.2) is 11.5 Å². The molecule has 0 fully saturated rings. The molecule has 0 bridgehead atoms. The second-order valence-electron chi connectivity index (χ2n) is 3.12. The largest absolute Gasteiger partial charge is 0.441 e. The molecular formula is C10H12N2O2. The summed E-state index contributed by atoms with van der Waals surface area (Å²) in [6.45, 7) is 2.44. The first-order valence-corrected chi connectivity index (χ1v) is 4.47. The zero-order valence-corrected chi connectivity index (χ0v) is 7.95. The molecule has 2 aromatic rings. The van der Waals surface area contributed by atoms with E-state index in [9.17, 15) is 0 Å². The Morgan fingerprint density at radius 1 is 1.50 bits per heavy atom. The number of fused-ring (bicyclic) bond motifs is 1. The van der Waals surface area contributed by atoms with E-state index in [1.807, 2.05) is 25.1 Å². The van der Waals surface area contributed by atoms with Gasteiger partial charge in [0, 0.05) is 13.5 Å². The summed E-state index contributed by atoms with van der Waals surface area (Å²) in [5.41, 5.74) is 2.75. The van der Waals surface area contributed by atoms with E-state index in [2.05, 4.69) is 10.3 Å². The second kappa shape index (κ2) is 3.77. The van der Waals surface area contributed by atoms with Gasteiger partial charge in [0.25, 0.3) is 0 Å². The van der Waals surface area contributed by atoms with Gasteiger partial charge in [-0.2, -0.15) is 0 Å². The zero-order valence-electron chi connectivity index (χ0n) is 7.95. The SMILES string of the molecule is Cc1nc2cc(CNCO)ccc2o1. The number of oxazole rings is 1. The van der Waals surface area contributed by atoms with E-state index in [1.54, 1.807) is 0 Å². The van der Waals surface area contributed by atoms with Gasteiger partial charge in [-0.3, -0.25) is 5.32 Å². The predicted octanol–water partition coefficient (Wildman–Crippen LogP) is 1.18. The van der Waals surface area contributed by atoms with Crippen molar-refractivity contribution in [1.82, 2.24) is 10.3 Å². The quantitative estimate of drug-likeness (QED) is 0.717. The highest BCUT2D eigenvalue weighted by Crippen LogP contribution is 2.16. The van der Waals surface area contributed by atoms with E-state index in [-0.39, 0.29) is 6.73 Å². The van der Waals surface area contributed by atoms with Gasteiger partial charge >= 0.3 is 0 Å². The van der Waals surface area contributed by atoms with E-state index >= 15 is 0 Å². The summed E-state index contributed by atoms with van der Waals surface area (Å²) in [5.74, 6) is 0.673.